The van der Waals surface area contributed by atoms with Crippen LogP contribution in [0.1, 0.15) is 46.2 Å². The van der Waals surface area contributed by atoms with Gasteiger partial charge in [0.05, 0.1) is 21.7 Å². The van der Waals surface area contributed by atoms with E-state index in [4.69, 9.17) is 0 Å². The van der Waals surface area contributed by atoms with Crippen molar-refractivity contribution in [2.24, 2.45) is 0 Å². The minimum absolute atomic E-state index is 0.00264. The van der Waals surface area contributed by atoms with Crippen molar-refractivity contribution in [2.45, 2.75) is 23.9 Å². The Morgan fingerprint density at radius 2 is 0.865 bits per heavy atom. The molecule has 0 saturated carbocycles. The van der Waals surface area contributed by atoms with Gasteiger partial charge in [-0.1, -0.05) is 84.9 Å². The zero-order valence-electron chi connectivity index (χ0n) is 19.6. The van der Waals surface area contributed by atoms with Crippen LogP contribution in [0.2, 0.25) is 0 Å². The SMILES string of the molecule is O=C1C(c2ccccc2)C(c2ccc([N+](=O)[O-])cc2)NC(c2ccc([N+](=O)[O-])cc2)C1c1ccccc1. The van der Waals surface area contributed by atoms with E-state index in [1.807, 2.05) is 60.7 Å². The van der Waals surface area contributed by atoms with E-state index in [9.17, 15) is 25.0 Å². The van der Waals surface area contributed by atoms with Crippen LogP contribution in [0.5, 0.6) is 0 Å². The van der Waals surface area contributed by atoms with Crippen molar-refractivity contribution >= 4 is 17.2 Å². The second kappa shape index (κ2) is 10.1. The highest BCUT2D eigenvalue weighted by Crippen LogP contribution is 2.47. The van der Waals surface area contributed by atoms with Gasteiger partial charge in [-0.05, 0) is 22.3 Å². The molecule has 1 heterocycles. The molecule has 1 N–H and O–H groups in total. The molecule has 1 aliphatic rings. The summed E-state index contributed by atoms with van der Waals surface area (Å²) in [5.41, 5.74) is 3.10. The van der Waals surface area contributed by atoms with Crippen molar-refractivity contribution < 1.29 is 14.6 Å². The molecule has 0 aromatic heterocycles. The maximum atomic E-state index is 14.4. The topological polar surface area (TPSA) is 115 Å². The summed E-state index contributed by atoms with van der Waals surface area (Å²) < 4.78 is 0. The highest BCUT2D eigenvalue weighted by atomic mass is 16.6. The molecule has 4 unspecified atom stereocenters. The number of rotatable bonds is 6. The molecule has 1 saturated heterocycles. The second-order valence-electron chi connectivity index (χ2n) is 9.00. The molecular weight excluding hydrogens is 470 g/mol. The fourth-order valence-corrected chi connectivity index (χ4v) is 5.13. The Hall–Kier alpha value is -4.69. The lowest BCUT2D eigenvalue weighted by molar-refractivity contribution is -0.385. The lowest BCUT2D eigenvalue weighted by atomic mass is 9.70. The predicted octanol–water partition coefficient (Wildman–Crippen LogP) is 6.03. The average molecular weight is 494 g/mol. The Morgan fingerprint density at radius 3 is 1.19 bits per heavy atom. The summed E-state index contributed by atoms with van der Waals surface area (Å²) in [5.74, 6) is -1.10. The first-order valence-corrected chi connectivity index (χ1v) is 11.8. The predicted molar refractivity (Wildman–Crippen MR) is 138 cm³/mol. The Labute approximate surface area is 212 Å². The zero-order chi connectivity index (χ0) is 25.9. The average Bonchev–Trinajstić information content (AvgIpc) is 2.93. The first kappa shape index (κ1) is 24.0. The number of ketones is 1. The van der Waals surface area contributed by atoms with Crippen molar-refractivity contribution in [3.63, 3.8) is 0 Å². The van der Waals surface area contributed by atoms with Gasteiger partial charge in [0.2, 0.25) is 0 Å². The molecule has 37 heavy (non-hydrogen) atoms. The summed E-state index contributed by atoms with van der Waals surface area (Å²) in [6.07, 6.45) is 0. The summed E-state index contributed by atoms with van der Waals surface area (Å²) in [7, 11) is 0. The van der Waals surface area contributed by atoms with E-state index in [0.717, 1.165) is 22.3 Å². The number of carbonyl (C=O) groups is 1. The van der Waals surface area contributed by atoms with Crippen LogP contribution < -0.4 is 5.32 Å². The number of hydrogen-bond donors (Lipinski definition) is 1. The summed E-state index contributed by atoms with van der Waals surface area (Å²) in [6, 6.07) is 30.5. The Kier molecular flexibility index (Phi) is 6.57. The Bertz CT molecular complexity index is 1320. The molecule has 0 spiro atoms. The monoisotopic (exact) mass is 493 g/mol. The molecular formula is C29H23N3O5. The summed E-state index contributed by atoms with van der Waals surface area (Å²) in [4.78, 5) is 35.9. The van der Waals surface area contributed by atoms with Crippen LogP contribution in [0.25, 0.3) is 0 Å². The summed E-state index contributed by atoms with van der Waals surface area (Å²) in [6.45, 7) is 0. The minimum Gasteiger partial charge on any atom is -0.301 e. The molecule has 4 aromatic rings. The Balaban J connectivity index is 1.65. The molecule has 1 fully saturated rings. The first-order chi connectivity index (χ1) is 17.9. The summed E-state index contributed by atoms with van der Waals surface area (Å²) >= 11 is 0. The number of Topliss-reactive ketones (excluding diaryl/α,β-unsaturated/α-hetero) is 1. The number of piperidine rings is 1. The zero-order valence-corrected chi connectivity index (χ0v) is 19.6. The first-order valence-electron chi connectivity index (χ1n) is 11.8. The van der Waals surface area contributed by atoms with Crippen LogP contribution in [0, 0.1) is 20.2 Å². The van der Waals surface area contributed by atoms with Crippen molar-refractivity contribution in [3.05, 3.63) is 152 Å². The maximum absolute atomic E-state index is 14.4. The fraction of sp³-hybridized carbons (Fsp3) is 0.138. The van der Waals surface area contributed by atoms with Gasteiger partial charge >= 0.3 is 0 Å². The van der Waals surface area contributed by atoms with Crippen LogP contribution in [0.15, 0.2) is 109 Å². The number of nitro benzene ring substituents is 2. The second-order valence-corrected chi connectivity index (χ2v) is 9.00. The normalized spacial score (nSPS) is 21.4. The van der Waals surface area contributed by atoms with Gasteiger partial charge in [0.1, 0.15) is 0 Å². The molecule has 0 aliphatic carbocycles. The van der Waals surface area contributed by atoms with Crippen molar-refractivity contribution in [2.75, 3.05) is 0 Å². The van der Waals surface area contributed by atoms with Crippen molar-refractivity contribution in [1.82, 2.24) is 5.32 Å². The maximum Gasteiger partial charge on any atom is 0.269 e. The molecule has 8 heteroatoms. The Morgan fingerprint density at radius 1 is 0.514 bits per heavy atom. The van der Waals surface area contributed by atoms with E-state index in [-0.39, 0.29) is 17.2 Å². The van der Waals surface area contributed by atoms with Crippen molar-refractivity contribution in [3.8, 4) is 0 Å². The number of nitro groups is 2. The van der Waals surface area contributed by atoms with E-state index >= 15 is 0 Å². The van der Waals surface area contributed by atoms with Crippen LogP contribution in [-0.2, 0) is 4.79 Å². The quantitative estimate of drug-likeness (QED) is 0.259. The molecule has 8 nitrogen and oxygen atoms in total. The lowest BCUT2D eigenvalue weighted by Gasteiger charge is -2.42. The van der Waals surface area contributed by atoms with Gasteiger partial charge in [-0.25, -0.2) is 0 Å². The van der Waals surface area contributed by atoms with Gasteiger partial charge in [0.15, 0.2) is 5.78 Å². The number of benzene rings is 4. The molecule has 0 bridgehead atoms. The molecule has 0 radical (unpaired) electrons. The fourth-order valence-electron chi connectivity index (χ4n) is 5.13. The smallest absolute Gasteiger partial charge is 0.269 e. The molecule has 0 amide bonds. The third-order valence-electron chi connectivity index (χ3n) is 6.88. The van der Waals surface area contributed by atoms with Crippen LogP contribution in [0.4, 0.5) is 11.4 Å². The standard InChI is InChI=1S/C29H23N3O5/c33-29-25(19-7-3-1-4-8-19)27(21-11-15-23(16-12-21)31(34)35)30-28(26(29)20-9-5-2-6-10-20)22-13-17-24(18-14-22)32(36)37/h1-18,25-28,30H. The number of nitrogens with one attached hydrogen (secondary N) is 1. The van der Waals surface area contributed by atoms with Crippen LogP contribution in [0.3, 0.4) is 0 Å². The van der Waals surface area contributed by atoms with Gasteiger partial charge in [-0.2, -0.15) is 0 Å². The highest BCUT2D eigenvalue weighted by molar-refractivity contribution is 5.94. The summed E-state index contributed by atoms with van der Waals surface area (Å²) in [5, 5.41) is 26.1. The van der Waals surface area contributed by atoms with Crippen LogP contribution in [-0.4, -0.2) is 15.6 Å². The van der Waals surface area contributed by atoms with Gasteiger partial charge in [-0.15, -0.1) is 0 Å². The third kappa shape index (κ3) is 4.74. The molecule has 184 valence electrons. The number of hydrogen-bond acceptors (Lipinski definition) is 6. The van der Waals surface area contributed by atoms with E-state index in [2.05, 4.69) is 5.32 Å². The molecule has 4 aromatic carbocycles. The van der Waals surface area contributed by atoms with Gasteiger partial charge < -0.3 is 5.32 Å². The van der Waals surface area contributed by atoms with Crippen LogP contribution >= 0.6 is 0 Å². The van der Waals surface area contributed by atoms with Crippen molar-refractivity contribution in [1.29, 1.82) is 0 Å². The minimum atomic E-state index is -0.554. The lowest BCUT2D eigenvalue weighted by Crippen LogP contribution is -2.46. The largest absolute Gasteiger partial charge is 0.301 e. The van der Waals surface area contributed by atoms with Gasteiger partial charge in [0.25, 0.3) is 11.4 Å². The van der Waals surface area contributed by atoms with Gasteiger partial charge in [-0.3, -0.25) is 25.0 Å². The van der Waals surface area contributed by atoms with Gasteiger partial charge in [0, 0.05) is 36.3 Å². The molecule has 4 atom stereocenters. The number of carbonyl (C=O) groups excluding carboxylic acids is 1. The third-order valence-corrected chi connectivity index (χ3v) is 6.88. The van der Waals surface area contributed by atoms with E-state index in [1.54, 1.807) is 24.3 Å². The molecule has 1 aliphatic heterocycles. The highest BCUT2D eigenvalue weighted by Gasteiger charge is 2.46. The molecule has 5 rings (SSSR count). The van der Waals surface area contributed by atoms with E-state index in [0.29, 0.717) is 0 Å². The number of nitrogens with zero attached hydrogens (tertiary/aromatic N) is 2. The number of non-ortho nitro benzene ring substituents is 2. The van der Waals surface area contributed by atoms with E-state index in [1.165, 1.54) is 24.3 Å². The van der Waals surface area contributed by atoms with E-state index < -0.39 is 33.8 Å².